The Balaban J connectivity index is 1.23. The predicted molar refractivity (Wildman–Crippen MR) is 260 cm³/mol. The van der Waals surface area contributed by atoms with E-state index < -0.39 is 159 Å². The highest BCUT2D eigenvalue weighted by Gasteiger charge is 2.50. The number of aliphatic hydroxyl groups is 8. The van der Waals surface area contributed by atoms with E-state index in [9.17, 15) is 60.0 Å². The number of aliphatic hydroxyl groups excluding tert-OH is 8. The predicted octanol–water partition coefficient (Wildman–Crippen LogP) is -3.78. The second-order valence-corrected chi connectivity index (χ2v) is 21.5. The van der Waals surface area contributed by atoms with E-state index in [1.807, 2.05) is 13.8 Å². The number of methoxy groups -OCH3 is 2. The van der Waals surface area contributed by atoms with Crippen LogP contribution in [0.4, 0.5) is 0 Å². The Morgan fingerprint density at radius 2 is 0.736 bits per heavy atom. The first kappa shape index (κ1) is 62.5. The number of nitrogens with one attached hydrogen (secondary N) is 4. The summed E-state index contributed by atoms with van der Waals surface area (Å²) in [5.74, 6) is -3.61. The van der Waals surface area contributed by atoms with Crippen molar-refractivity contribution in [3.05, 3.63) is 0 Å². The van der Waals surface area contributed by atoms with Crippen LogP contribution >= 0.6 is 21.6 Å². The van der Waals surface area contributed by atoms with E-state index in [2.05, 4.69) is 21.3 Å². The van der Waals surface area contributed by atoms with Crippen LogP contribution in [0.5, 0.6) is 0 Å². The van der Waals surface area contributed by atoms with Crippen molar-refractivity contribution in [3.63, 3.8) is 0 Å². The topological polar surface area (TPSA) is 352 Å². The second kappa shape index (κ2) is 31.9. The molecule has 0 radical (unpaired) electrons. The molecule has 0 aromatic heterocycles. The van der Waals surface area contributed by atoms with Gasteiger partial charge in [-0.05, 0) is 12.8 Å². The number of ether oxygens (including phenoxy) is 8. The molecule has 12 N–H and O–H groups in total. The van der Waals surface area contributed by atoms with E-state index >= 15 is 0 Å². The summed E-state index contributed by atoms with van der Waals surface area (Å²) in [6.07, 6.45) is -9.89. The molecule has 4 fully saturated rings. The Bertz CT molecular complexity index is 1520. The standard InChI is InChI=1S/C46H82N4O20S2/c1-7-29-39(45(61)27(33(15-53)67-29)19-65-21-35-41(47-23(3)55)43(59)25(17-63-5)31(13-51)69-35)49-37(57)9-11-71-72-12-10-38(58)50-40-30(8-2)68-34(16-54)28(46(40)62)20-66-22-36-42(48-24(4)56)44(60)26(18-64-6)32(14-52)70-36/h25-36,39-46,51-54,59-62H,7-22H2,1-6H3,(H,47,55)(H,48,56)(H,49,57)(H,50,58)/t25-,26-,27-,28-,29+,30+,31?,32?,33+,34?,35+,36+,39?,40-,41?,42?,43?,44-,45?,46?/m1/s1. The highest BCUT2D eigenvalue weighted by atomic mass is 33.1. The maximum Gasteiger partial charge on any atom is 0.221 e. The van der Waals surface area contributed by atoms with Gasteiger partial charge in [-0.15, -0.1) is 0 Å². The molecular formula is C46H82N4O20S2. The molecule has 0 saturated carbocycles. The first-order valence-electron chi connectivity index (χ1n) is 24.8. The van der Waals surface area contributed by atoms with Crippen molar-refractivity contribution in [1.29, 1.82) is 0 Å². The molecule has 0 aromatic carbocycles. The van der Waals surface area contributed by atoms with Crippen molar-refractivity contribution < 1.29 is 97.9 Å². The Morgan fingerprint density at radius 3 is 1.01 bits per heavy atom. The fourth-order valence-corrected chi connectivity index (χ4v) is 12.1. The van der Waals surface area contributed by atoms with Crippen LogP contribution in [0, 0.1) is 23.7 Å². The lowest BCUT2D eigenvalue weighted by atomic mass is 9.84. The molecule has 0 aromatic rings. The van der Waals surface area contributed by atoms with Crippen LogP contribution in [0.2, 0.25) is 0 Å². The second-order valence-electron chi connectivity index (χ2n) is 18.8. The van der Waals surface area contributed by atoms with Crippen LogP contribution in [0.1, 0.15) is 53.4 Å². The lowest BCUT2D eigenvalue weighted by Crippen LogP contribution is -2.64. The maximum absolute atomic E-state index is 13.2. The van der Waals surface area contributed by atoms with E-state index in [-0.39, 0.29) is 64.3 Å². The molecule has 26 heteroatoms. The summed E-state index contributed by atoms with van der Waals surface area (Å²) >= 11 is 0. The van der Waals surface area contributed by atoms with Crippen LogP contribution in [-0.2, 0) is 57.1 Å². The minimum Gasteiger partial charge on any atom is -0.394 e. The van der Waals surface area contributed by atoms with Crippen molar-refractivity contribution in [2.24, 2.45) is 23.7 Å². The first-order valence-corrected chi connectivity index (χ1v) is 27.3. The Kier molecular flexibility index (Phi) is 27.6. The van der Waals surface area contributed by atoms with E-state index in [1.165, 1.54) is 49.7 Å². The quantitative estimate of drug-likeness (QED) is 0.0253. The molecule has 4 amide bonds. The number of carbonyl (C=O) groups excluding carboxylic acids is 4. The van der Waals surface area contributed by atoms with Gasteiger partial charge >= 0.3 is 0 Å². The molecule has 72 heavy (non-hydrogen) atoms. The molecule has 0 aliphatic carbocycles. The summed E-state index contributed by atoms with van der Waals surface area (Å²) < 4.78 is 46.7. The fraction of sp³-hybridized carbons (Fsp3) is 0.913. The van der Waals surface area contributed by atoms with E-state index in [0.717, 1.165) is 0 Å². The summed E-state index contributed by atoms with van der Waals surface area (Å²) in [7, 11) is 5.65. The van der Waals surface area contributed by atoms with Crippen molar-refractivity contribution in [3.8, 4) is 0 Å². The largest absolute Gasteiger partial charge is 0.394 e. The molecular weight excluding hydrogens is 993 g/mol. The molecule has 4 rings (SSSR count). The van der Waals surface area contributed by atoms with Crippen molar-refractivity contribution in [2.75, 3.05) is 91.8 Å². The highest BCUT2D eigenvalue weighted by Crippen LogP contribution is 2.33. The third-order valence-electron chi connectivity index (χ3n) is 13.9. The van der Waals surface area contributed by atoms with Gasteiger partial charge in [-0.25, -0.2) is 0 Å². The van der Waals surface area contributed by atoms with E-state index in [0.29, 0.717) is 24.3 Å². The van der Waals surface area contributed by atoms with Gasteiger partial charge in [0.15, 0.2) is 0 Å². The molecule has 4 heterocycles. The van der Waals surface area contributed by atoms with Gasteiger partial charge in [0.2, 0.25) is 23.6 Å². The van der Waals surface area contributed by atoms with Crippen LogP contribution in [0.25, 0.3) is 0 Å². The smallest absolute Gasteiger partial charge is 0.221 e. The van der Waals surface area contributed by atoms with Gasteiger partial charge in [0, 0.05) is 76.1 Å². The SMILES string of the molecule is CC[C@@H]1O[C@@H](CO)[C@@H](COC[C@@H]2OC(CO)[C@@H](COC)C(O)C2NC(C)=O)C(O)C1NC(=O)CCSSCCC(=O)N[C@H]1C(O)[C@H](COC[C@@H]2OC(CO)[C@@H](COC)[C@@H](O)C2NC(C)=O)C(CO)O[C@H]1CC. The molecule has 4 aliphatic rings. The van der Waals surface area contributed by atoms with Crippen molar-refractivity contribution in [2.45, 2.75) is 151 Å². The number of hydrogen-bond donors (Lipinski definition) is 12. The Hall–Kier alpha value is -2.06. The Labute approximate surface area is 429 Å². The monoisotopic (exact) mass is 1070 g/mol. The zero-order valence-electron chi connectivity index (χ0n) is 42.2. The maximum atomic E-state index is 13.2. The molecule has 24 nitrogen and oxygen atoms in total. The number of rotatable bonds is 29. The number of amides is 4. The van der Waals surface area contributed by atoms with E-state index in [4.69, 9.17) is 37.9 Å². The highest BCUT2D eigenvalue weighted by molar-refractivity contribution is 8.76. The molecule has 0 bridgehead atoms. The average Bonchev–Trinajstić information content (AvgIpc) is 3.35. The third kappa shape index (κ3) is 17.2. The number of carbonyl (C=O) groups is 4. The van der Waals surface area contributed by atoms with Gasteiger partial charge < -0.3 is 100 Å². The van der Waals surface area contributed by atoms with Gasteiger partial charge in [0.25, 0.3) is 0 Å². The molecule has 0 spiro atoms. The van der Waals surface area contributed by atoms with Gasteiger partial charge in [-0.2, -0.15) is 0 Å². The summed E-state index contributed by atoms with van der Waals surface area (Å²) in [5.41, 5.74) is 0. The van der Waals surface area contributed by atoms with Crippen LogP contribution in [0.3, 0.4) is 0 Å². The normalized spacial score (nSPS) is 37.1. The lowest BCUT2D eigenvalue weighted by Gasteiger charge is -2.46. The van der Waals surface area contributed by atoms with Crippen LogP contribution < -0.4 is 21.3 Å². The molecule has 4 aliphatic heterocycles. The summed E-state index contributed by atoms with van der Waals surface area (Å²) in [5, 5.41) is 97.0. The molecule has 9 unspecified atom stereocenters. The zero-order valence-corrected chi connectivity index (χ0v) is 43.8. The summed E-state index contributed by atoms with van der Waals surface area (Å²) in [6, 6.07) is -3.46. The molecule has 4 saturated heterocycles. The third-order valence-corrected chi connectivity index (χ3v) is 16.3. The minimum absolute atomic E-state index is 0.0733. The molecule has 20 atom stereocenters. The molecule has 418 valence electrons. The lowest BCUT2D eigenvalue weighted by molar-refractivity contribution is -0.205. The summed E-state index contributed by atoms with van der Waals surface area (Å²) in [4.78, 5) is 50.5. The van der Waals surface area contributed by atoms with Crippen LogP contribution in [0.15, 0.2) is 0 Å². The minimum atomic E-state index is -1.19. The van der Waals surface area contributed by atoms with Gasteiger partial charge in [-0.3, -0.25) is 19.2 Å². The van der Waals surface area contributed by atoms with E-state index in [1.54, 1.807) is 0 Å². The summed E-state index contributed by atoms with van der Waals surface area (Å²) in [6.45, 7) is 4.14. The number of hydrogen-bond acceptors (Lipinski definition) is 22. The van der Waals surface area contributed by atoms with Gasteiger partial charge in [0.1, 0.15) is 12.2 Å². The zero-order chi connectivity index (χ0) is 53.1. The van der Waals surface area contributed by atoms with Gasteiger partial charge in [0.05, 0.1) is 151 Å². The van der Waals surface area contributed by atoms with Crippen molar-refractivity contribution >= 4 is 45.2 Å². The van der Waals surface area contributed by atoms with Crippen LogP contribution in [-0.4, -0.2) is 254 Å². The van der Waals surface area contributed by atoms with Gasteiger partial charge in [-0.1, -0.05) is 35.4 Å². The fourth-order valence-electron chi connectivity index (χ4n) is 10.1. The van der Waals surface area contributed by atoms with Crippen molar-refractivity contribution in [1.82, 2.24) is 21.3 Å². The Morgan fingerprint density at radius 1 is 0.444 bits per heavy atom. The average molecular weight is 1080 g/mol. The first-order chi connectivity index (χ1) is 34.5.